The third-order valence-corrected chi connectivity index (χ3v) is 5.11. The Morgan fingerprint density at radius 1 is 1.42 bits per heavy atom. The molecule has 1 amide bonds. The van der Waals surface area contributed by atoms with Crippen LogP contribution in [0.3, 0.4) is 0 Å². The van der Waals surface area contributed by atoms with Gasteiger partial charge in [-0.05, 0) is 27.2 Å². The van der Waals surface area contributed by atoms with E-state index < -0.39 is 0 Å². The summed E-state index contributed by atoms with van der Waals surface area (Å²) < 4.78 is 9.72. The predicted molar refractivity (Wildman–Crippen MR) is 85.5 cm³/mol. The lowest BCUT2D eigenvalue weighted by Gasteiger charge is -2.41. The van der Waals surface area contributed by atoms with E-state index in [1.807, 2.05) is 35.0 Å². The molecule has 0 aliphatic carbocycles. The van der Waals surface area contributed by atoms with E-state index in [9.17, 15) is 4.79 Å². The number of likely N-dealkylation sites (tertiary alicyclic amines) is 1. The summed E-state index contributed by atoms with van der Waals surface area (Å²) in [5.74, 6) is 0.0513. The highest BCUT2D eigenvalue weighted by molar-refractivity contribution is 5.96. The Bertz CT molecular complexity index is 780. The van der Waals surface area contributed by atoms with Crippen molar-refractivity contribution >= 4 is 5.91 Å². The van der Waals surface area contributed by atoms with E-state index in [-0.39, 0.29) is 18.1 Å². The molecule has 1 saturated heterocycles. The molecule has 0 N–H and O–H groups in total. The number of aryl methyl sites for hydroxylation is 2. The molecular weight excluding hydrogens is 308 g/mol. The highest BCUT2D eigenvalue weighted by Crippen LogP contribution is 2.31. The maximum absolute atomic E-state index is 13.1. The summed E-state index contributed by atoms with van der Waals surface area (Å²) in [6.45, 7) is 8.49. The molecular formula is C16H22N6O2. The molecule has 4 rings (SSSR count). The summed E-state index contributed by atoms with van der Waals surface area (Å²) >= 11 is 0. The monoisotopic (exact) mass is 330 g/mol. The van der Waals surface area contributed by atoms with Crippen molar-refractivity contribution < 1.29 is 9.53 Å². The van der Waals surface area contributed by atoms with Crippen LogP contribution in [0.1, 0.15) is 46.8 Å². The van der Waals surface area contributed by atoms with Gasteiger partial charge in [-0.25, -0.2) is 4.68 Å². The van der Waals surface area contributed by atoms with Crippen LogP contribution in [0, 0.1) is 13.8 Å². The van der Waals surface area contributed by atoms with Gasteiger partial charge in [-0.2, -0.15) is 5.10 Å². The number of hydrogen-bond donors (Lipinski definition) is 0. The van der Waals surface area contributed by atoms with Crippen LogP contribution in [0.4, 0.5) is 0 Å². The third-order valence-electron chi connectivity index (χ3n) is 5.11. The molecule has 0 saturated carbocycles. The first-order valence-electron chi connectivity index (χ1n) is 8.44. The quantitative estimate of drug-likeness (QED) is 0.824. The molecule has 2 aromatic heterocycles. The largest absolute Gasteiger partial charge is 0.370 e. The highest BCUT2D eigenvalue weighted by atomic mass is 16.5. The van der Waals surface area contributed by atoms with Crippen molar-refractivity contribution in [2.45, 2.75) is 52.5 Å². The molecule has 2 atom stereocenters. The Balaban J connectivity index is 1.61. The van der Waals surface area contributed by atoms with Crippen molar-refractivity contribution in [1.82, 2.24) is 29.7 Å². The zero-order chi connectivity index (χ0) is 16.8. The Morgan fingerprint density at radius 2 is 2.25 bits per heavy atom. The molecule has 128 valence electrons. The Kier molecular flexibility index (Phi) is 3.64. The number of piperidine rings is 1. The number of fused-ring (bicyclic) bond motifs is 3. The molecule has 8 nitrogen and oxygen atoms in total. The maximum Gasteiger partial charge on any atom is 0.257 e. The maximum atomic E-state index is 13.1. The third kappa shape index (κ3) is 2.24. The molecule has 0 radical (unpaired) electrons. The van der Waals surface area contributed by atoms with Crippen LogP contribution in [0.5, 0.6) is 0 Å². The van der Waals surface area contributed by atoms with E-state index >= 15 is 0 Å². The molecule has 0 spiro atoms. The first-order valence-corrected chi connectivity index (χ1v) is 8.44. The zero-order valence-electron chi connectivity index (χ0n) is 14.3. The number of ether oxygens (including phenoxy) is 1. The Morgan fingerprint density at radius 3 is 3.00 bits per heavy atom. The van der Waals surface area contributed by atoms with Crippen molar-refractivity contribution in [1.29, 1.82) is 0 Å². The van der Waals surface area contributed by atoms with Crippen LogP contribution in [0.2, 0.25) is 0 Å². The molecule has 8 heteroatoms. The summed E-state index contributed by atoms with van der Waals surface area (Å²) in [7, 11) is 0. The number of carbonyl (C=O) groups is 1. The smallest absolute Gasteiger partial charge is 0.257 e. The molecule has 0 bridgehead atoms. The Hall–Kier alpha value is -2.22. The van der Waals surface area contributed by atoms with Crippen LogP contribution in [-0.4, -0.2) is 54.8 Å². The Labute approximate surface area is 140 Å². The summed E-state index contributed by atoms with van der Waals surface area (Å²) in [4.78, 5) is 15.0. The van der Waals surface area contributed by atoms with E-state index in [0.717, 1.165) is 35.6 Å². The van der Waals surface area contributed by atoms with Gasteiger partial charge < -0.3 is 9.64 Å². The predicted octanol–water partition coefficient (Wildman–Crippen LogP) is 1.10. The van der Waals surface area contributed by atoms with Crippen molar-refractivity contribution in [2.75, 3.05) is 13.1 Å². The lowest BCUT2D eigenvalue weighted by atomic mass is 9.99. The number of rotatable bonds is 2. The van der Waals surface area contributed by atoms with Gasteiger partial charge in [-0.3, -0.25) is 9.48 Å². The topological polar surface area (TPSA) is 78.1 Å². The van der Waals surface area contributed by atoms with Crippen LogP contribution < -0.4 is 0 Å². The number of nitrogens with zero attached hydrogens (tertiary/aromatic N) is 6. The van der Waals surface area contributed by atoms with Gasteiger partial charge in [0.15, 0.2) is 0 Å². The standard InChI is InChI=1S/C16H22N6O2/c1-4-21-11(3)15(10(2)18-21)16(23)20-6-5-14-13(8-20)22-12(9-24-14)7-17-19-22/h7,13-14H,4-6,8-9H2,1-3H3/t13-,14+/m0/s1. The van der Waals surface area contributed by atoms with Gasteiger partial charge in [-0.1, -0.05) is 5.21 Å². The van der Waals surface area contributed by atoms with Crippen molar-refractivity contribution in [2.24, 2.45) is 0 Å². The minimum atomic E-state index is 0.0378. The van der Waals surface area contributed by atoms with E-state index in [1.54, 1.807) is 6.20 Å². The minimum absolute atomic E-state index is 0.0378. The van der Waals surface area contributed by atoms with Gasteiger partial charge in [0.1, 0.15) is 0 Å². The van der Waals surface area contributed by atoms with Gasteiger partial charge in [0, 0.05) is 25.3 Å². The fraction of sp³-hybridized carbons (Fsp3) is 0.625. The average Bonchev–Trinajstić information content (AvgIpc) is 3.18. The number of aromatic nitrogens is 5. The molecule has 0 unspecified atom stereocenters. The highest BCUT2D eigenvalue weighted by Gasteiger charge is 2.38. The van der Waals surface area contributed by atoms with Crippen LogP contribution in [0.25, 0.3) is 0 Å². The molecule has 2 aliphatic heterocycles. The first-order chi connectivity index (χ1) is 11.6. The van der Waals surface area contributed by atoms with Gasteiger partial charge >= 0.3 is 0 Å². The number of hydrogen-bond acceptors (Lipinski definition) is 5. The summed E-state index contributed by atoms with van der Waals surface area (Å²) in [6, 6.07) is 0.0378. The van der Waals surface area contributed by atoms with Crippen LogP contribution in [-0.2, 0) is 17.9 Å². The number of amides is 1. The van der Waals surface area contributed by atoms with Gasteiger partial charge in [0.25, 0.3) is 5.91 Å². The minimum Gasteiger partial charge on any atom is -0.370 e. The lowest BCUT2D eigenvalue weighted by Crippen LogP contribution is -2.50. The van der Waals surface area contributed by atoms with Gasteiger partial charge in [0.2, 0.25) is 0 Å². The molecule has 4 heterocycles. The van der Waals surface area contributed by atoms with E-state index in [4.69, 9.17) is 4.74 Å². The average molecular weight is 330 g/mol. The zero-order valence-corrected chi connectivity index (χ0v) is 14.3. The summed E-state index contributed by atoms with van der Waals surface area (Å²) in [5.41, 5.74) is 3.42. The second-order valence-electron chi connectivity index (χ2n) is 6.49. The van der Waals surface area contributed by atoms with Crippen molar-refractivity contribution in [3.05, 3.63) is 28.8 Å². The fourth-order valence-corrected chi connectivity index (χ4v) is 3.84. The molecule has 2 aliphatic rings. The van der Waals surface area contributed by atoms with E-state index in [1.165, 1.54) is 0 Å². The SMILES string of the molecule is CCn1nc(C)c(C(=O)N2CC[C@H]3OCc4cnnn4[C@H]3C2)c1C. The van der Waals surface area contributed by atoms with E-state index in [2.05, 4.69) is 15.4 Å². The van der Waals surface area contributed by atoms with Crippen molar-refractivity contribution in [3.63, 3.8) is 0 Å². The molecule has 1 fully saturated rings. The fourth-order valence-electron chi connectivity index (χ4n) is 3.84. The summed E-state index contributed by atoms with van der Waals surface area (Å²) in [6.07, 6.45) is 2.65. The van der Waals surface area contributed by atoms with Crippen molar-refractivity contribution in [3.8, 4) is 0 Å². The molecule has 0 aromatic carbocycles. The normalized spacial score (nSPS) is 23.0. The van der Waals surface area contributed by atoms with Crippen LogP contribution >= 0.6 is 0 Å². The van der Waals surface area contributed by atoms with Gasteiger partial charge in [-0.15, -0.1) is 5.10 Å². The second-order valence-corrected chi connectivity index (χ2v) is 6.49. The first kappa shape index (κ1) is 15.3. The summed E-state index contributed by atoms with van der Waals surface area (Å²) in [5, 5.41) is 12.6. The lowest BCUT2D eigenvalue weighted by molar-refractivity contribution is -0.0605. The van der Waals surface area contributed by atoms with Gasteiger partial charge in [0.05, 0.1) is 41.9 Å². The van der Waals surface area contributed by atoms with E-state index in [0.29, 0.717) is 19.7 Å². The van der Waals surface area contributed by atoms with Crippen LogP contribution in [0.15, 0.2) is 6.20 Å². The molecule has 24 heavy (non-hydrogen) atoms. The second kappa shape index (κ2) is 5.70. The molecule has 2 aromatic rings. The number of carbonyl (C=O) groups excluding carboxylic acids is 1.